The van der Waals surface area contributed by atoms with Gasteiger partial charge in [-0.1, -0.05) is 24.3 Å². The Labute approximate surface area is 168 Å². The number of benzene rings is 2. The Hall–Kier alpha value is -2.35. The molecule has 7 heteroatoms. The van der Waals surface area contributed by atoms with Crippen molar-refractivity contribution in [3.05, 3.63) is 54.1 Å². The molecule has 146 valence electrons. The third-order valence-corrected chi connectivity index (χ3v) is 6.36. The predicted octanol–water partition coefficient (Wildman–Crippen LogP) is 2.47. The van der Waals surface area contributed by atoms with Gasteiger partial charge < -0.3 is 14.7 Å². The SMILES string of the molecule is O=C1C(=O)N(CCN2CCOCC2)c2ccccc2SC1c1ccc(O)cc1. The molecule has 1 N–H and O–H groups in total. The first-order valence-electron chi connectivity index (χ1n) is 9.34. The van der Waals surface area contributed by atoms with Gasteiger partial charge in [0.05, 0.1) is 18.9 Å². The lowest BCUT2D eigenvalue weighted by Gasteiger charge is -2.29. The number of carbonyl (C=O) groups excluding carboxylic acids is 2. The normalized spacial score (nSPS) is 20.7. The summed E-state index contributed by atoms with van der Waals surface area (Å²) in [4.78, 5) is 30.9. The topological polar surface area (TPSA) is 70.1 Å². The summed E-state index contributed by atoms with van der Waals surface area (Å²) in [5.41, 5.74) is 1.49. The number of ketones is 1. The maximum atomic E-state index is 13.1. The predicted molar refractivity (Wildman–Crippen MR) is 108 cm³/mol. The summed E-state index contributed by atoms with van der Waals surface area (Å²) in [6.45, 7) is 4.23. The molecule has 1 saturated heterocycles. The van der Waals surface area contributed by atoms with Gasteiger partial charge in [0, 0.05) is 31.1 Å². The maximum absolute atomic E-state index is 13.1. The molecular weight excluding hydrogens is 376 g/mol. The van der Waals surface area contributed by atoms with Crippen LogP contribution >= 0.6 is 11.8 Å². The number of hydrogen-bond acceptors (Lipinski definition) is 6. The average molecular weight is 398 g/mol. The number of carbonyl (C=O) groups is 2. The molecule has 2 aromatic carbocycles. The van der Waals surface area contributed by atoms with E-state index in [0.29, 0.717) is 31.9 Å². The van der Waals surface area contributed by atoms with Crippen molar-refractivity contribution in [3.63, 3.8) is 0 Å². The van der Waals surface area contributed by atoms with Gasteiger partial charge >= 0.3 is 0 Å². The Morgan fingerprint density at radius 2 is 1.71 bits per heavy atom. The standard InChI is InChI=1S/C21H22N2O4S/c24-16-7-5-15(6-8-16)20-19(25)21(26)23(10-9-22-11-13-27-14-12-22)17-3-1-2-4-18(17)28-20/h1-8,20,24H,9-14H2. The molecule has 0 spiro atoms. The van der Waals surface area contributed by atoms with Gasteiger partial charge in [-0.3, -0.25) is 14.5 Å². The van der Waals surface area contributed by atoms with Gasteiger partial charge in [-0.2, -0.15) is 0 Å². The second-order valence-corrected chi connectivity index (χ2v) is 7.98. The van der Waals surface area contributed by atoms with Gasteiger partial charge in [-0.25, -0.2) is 0 Å². The monoisotopic (exact) mass is 398 g/mol. The van der Waals surface area contributed by atoms with Crippen molar-refractivity contribution in [2.45, 2.75) is 10.1 Å². The fraction of sp³-hybridized carbons (Fsp3) is 0.333. The molecule has 2 aliphatic heterocycles. The number of thioether (sulfide) groups is 1. The van der Waals surface area contributed by atoms with Crippen LogP contribution in [0, 0.1) is 0 Å². The molecule has 1 amide bonds. The lowest BCUT2D eigenvalue weighted by atomic mass is 10.1. The van der Waals surface area contributed by atoms with Gasteiger partial charge in [0.15, 0.2) is 0 Å². The number of morpholine rings is 1. The number of para-hydroxylation sites is 1. The van der Waals surface area contributed by atoms with Crippen LogP contribution in [0.1, 0.15) is 10.8 Å². The Kier molecular flexibility index (Phi) is 5.66. The van der Waals surface area contributed by atoms with Crippen LogP contribution < -0.4 is 4.90 Å². The Morgan fingerprint density at radius 1 is 1.00 bits per heavy atom. The van der Waals surface area contributed by atoms with E-state index in [1.165, 1.54) is 11.8 Å². The molecule has 0 aliphatic carbocycles. The second-order valence-electron chi connectivity index (χ2n) is 6.83. The number of nitrogens with zero attached hydrogens (tertiary/aromatic N) is 2. The van der Waals surface area contributed by atoms with Crippen LogP contribution in [0.5, 0.6) is 5.75 Å². The number of fused-ring (bicyclic) bond motifs is 1. The van der Waals surface area contributed by atoms with E-state index in [-0.39, 0.29) is 5.75 Å². The van der Waals surface area contributed by atoms with Gasteiger partial charge in [0.2, 0.25) is 5.78 Å². The van der Waals surface area contributed by atoms with Crippen LogP contribution in [0.15, 0.2) is 53.4 Å². The van der Waals surface area contributed by atoms with Crippen molar-refractivity contribution in [3.8, 4) is 5.75 Å². The van der Waals surface area contributed by atoms with Crippen molar-refractivity contribution in [1.82, 2.24) is 4.90 Å². The summed E-state index contributed by atoms with van der Waals surface area (Å²) in [5, 5.41) is 8.92. The van der Waals surface area contributed by atoms with Gasteiger partial charge in [0.1, 0.15) is 11.0 Å². The van der Waals surface area contributed by atoms with E-state index in [4.69, 9.17) is 4.74 Å². The van der Waals surface area contributed by atoms with E-state index in [9.17, 15) is 14.7 Å². The van der Waals surface area contributed by atoms with Crippen molar-refractivity contribution < 1.29 is 19.4 Å². The summed E-state index contributed by atoms with van der Waals surface area (Å²) in [7, 11) is 0. The van der Waals surface area contributed by atoms with Gasteiger partial charge in [-0.05, 0) is 29.8 Å². The second kappa shape index (κ2) is 8.34. The highest BCUT2D eigenvalue weighted by molar-refractivity contribution is 8.00. The molecule has 2 aromatic rings. The van der Waals surface area contributed by atoms with Crippen molar-refractivity contribution >= 4 is 29.1 Å². The number of amides is 1. The van der Waals surface area contributed by atoms with E-state index >= 15 is 0 Å². The molecule has 2 heterocycles. The number of ether oxygens (including phenoxy) is 1. The molecule has 0 bridgehead atoms. The summed E-state index contributed by atoms with van der Waals surface area (Å²) < 4.78 is 5.38. The average Bonchev–Trinajstić information content (AvgIpc) is 2.83. The number of rotatable bonds is 4. The first-order valence-corrected chi connectivity index (χ1v) is 10.2. The zero-order chi connectivity index (χ0) is 19.5. The van der Waals surface area contributed by atoms with E-state index in [1.807, 2.05) is 24.3 Å². The number of hydrogen-bond donors (Lipinski definition) is 1. The van der Waals surface area contributed by atoms with Crippen molar-refractivity contribution in [2.24, 2.45) is 0 Å². The highest BCUT2D eigenvalue weighted by Crippen LogP contribution is 2.44. The molecule has 1 fully saturated rings. The molecule has 0 radical (unpaired) electrons. The minimum atomic E-state index is -0.623. The van der Waals surface area contributed by atoms with Crippen LogP contribution in [0.2, 0.25) is 0 Å². The van der Waals surface area contributed by atoms with Crippen LogP contribution in [-0.4, -0.2) is 61.1 Å². The highest BCUT2D eigenvalue weighted by atomic mass is 32.2. The van der Waals surface area contributed by atoms with Gasteiger partial charge in [0.25, 0.3) is 5.91 Å². The van der Waals surface area contributed by atoms with E-state index in [0.717, 1.165) is 23.7 Å². The molecule has 0 aromatic heterocycles. The summed E-state index contributed by atoms with van der Waals surface area (Å²) in [6, 6.07) is 14.1. The number of aromatic hydroxyl groups is 1. The van der Waals surface area contributed by atoms with Crippen LogP contribution in [0.25, 0.3) is 0 Å². The molecule has 4 rings (SSSR count). The van der Waals surface area contributed by atoms with Crippen LogP contribution in [0.4, 0.5) is 5.69 Å². The number of phenols is 1. The van der Waals surface area contributed by atoms with E-state index in [1.54, 1.807) is 29.2 Å². The molecular formula is C21H22N2O4S. The summed E-state index contributed by atoms with van der Waals surface area (Å²) in [5.74, 6) is -0.786. The summed E-state index contributed by atoms with van der Waals surface area (Å²) in [6.07, 6.45) is 0. The van der Waals surface area contributed by atoms with E-state index in [2.05, 4.69) is 4.90 Å². The van der Waals surface area contributed by atoms with Crippen LogP contribution in [-0.2, 0) is 14.3 Å². The highest BCUT2D eigenvalue weighted by Gasteiger charge is 2.37. The summed E-state index contributed by atoms with van der Waals surface area (Å²) >= 11 is 1.39. The number of anilines is 1. The Balaban J connectivity index is 1.62. The smallest absolute Gasteiger partial charge is 0.296 e. The molecule has 6 nitrogen and oxygen atoms in total. The number of phenolic OH excluding ortho intramolecular Hbond substituents is 1. The maximum Gasteiger partial charge on any atom is 0.296 e. The first-order chi connectivity index (χ1) is 13.6. The van der Waals surface area contributed by atoms with Crippen molar-refractivity contribution in [2.75, 3.05) is 44.3 Å². The molecule has 2 aliphatic rings. The number of Topliss-reactive ketones (excluding diaryl/α,β-unsaturated/α-hetero) is 1. The molecule has 1 atom stereocenters. The lowest BCUT2D eigenvalue weighted by molar-refractivity contribution is -0.136. The molecule has 28 heavy (non-hydrogen) atoms. The van der Waals surface area contributed by atoms with Crippen molar-refractivity contribution in [1.29, 1.82) is 0 Å². The van der Waals surface area contributed by atoms with Crippen LogP contribution in [0.3, 0.4) is 0 Å². The Morgan fingerprint density at radius 3 is 2.46 bits per heavy atom. The largest absolute Gasteiger partial charge is 0.508 e. The molecule has 0 saturated carbocycles. The fourth-order valence-corrected chi connectivity index (χ4v) is 4.68. The molecule has 1 unspecified atom stereocenters. The lowest BCUT2D eigenvalue weighted by Crippen LogP contribution is -2.45. The Bertz CT molecular complexity index is 865. The minimum absolute atomic E-state index is 0.133. The zero-order valence-corrected chi connectivity index (χ0v) is 16.2. The fourth-order valence-electron chi connectivity index (χ4n) is 3.47. The quantitative estimate of drug-likeness (QED) is 0.798. The zero-order valence-electron chi connectivity index (χ0n) is 15.4. The first kappa shape index (κ1) is 19.0. The van der Waals surface area contributed by atoms with Gasteiger partial charge in [-0.15, -0.1) is 11.8 Å². The minimum Gasteiger partial charge on any atom is -0.508 e. The third-order valence-electron chi connectivity index (χ3n) is 5.03. The van der Waals surface area contributed by atoms with E-state index < -0.39 is 16.9 Å². The third kappa shape index (κ3) is 3.92.